The molecule has 1 saturated heterocycles. The third kappa shape index (κ3) is 10.8. The molecule has 0 bridgehead atoms. The highest BCUT2D eigenvalue weighted by atomic mass is 33.1. The van der Waals surface area contributed by atoms with Crippen molar-refractivity contribution in [2.75, 3.05) is 61.3 Å². The molecule has 376 valence electrons. The molecule has 1 N–H and O–H groups in total. The van der Waals surface area contributed by atoms with E-state index in [1.807, 2.05) is 82.6 Å². The van der Waals surface area contributed by atoms with Crippen LogP contribution in [0.15, 0.2) is 89.9 Å². The second-order valence-electron chi connectivity index (χ2n) is 19.1. The van der Waals surface area contributed by atoms with Gasteiger partial charge < -0.3 is 38.7 Å². The predicted molar refractivity (Wildman–Crippen MR) is 282 cm³/mol. The molecule has 0 aliphatic carbocycles. The Kier molecular flexibility index (Phi) is 14.8. The van der Waals surface area contributed by atoms with Crippen molar-refractivity contribution in [3.05, 3.63) is 119 Å². The molecular weight excluding hydrogens is 953 g/mol. The number of hydroxylamine groups is 2. The van der Waals surface area contributed by atoms with E-state index in [2.05, 4.69) is 25.2 Å². The average molecular weight is 1010 g/mol. The van der Waals surface area contributed by atoms with Gasteiger partial charge in [-0.05, 0) is 87.8 Å². The number of pyridine rings is 1. The molecule has 72 heavy (non-hydrogen) atoms. The van der Waals surface area contributed by atoms with E-state index < -0.39 is 0 Å². The molecule has 0 radical (unpaired) electrons. The number of rotatable bonds is 20. The van der Waals surface area contributed by atoms with Crippen LogP contribution in [0.3, 0.4) is 0 Å². The smallest absolute Gasteiger partial charge is 0.325 e. The van der Waals surface area contributed by atoms with Crippen LogP contribution in [0.2, 0.25) is 0 Å². The molecule has 5 aliphatic heterocycles. The molecule has 1 fully saturated rings. The topological polar surface area (TPSA) is 154 Å². The number of amides is 2. The van der Waals surface area contributed by atoms with Crippen molar-refractivity contribution in [3.63, 3.8) is 0 Å². The zero-order valence-electron chi connectivity index (χ0n) is 41.1. The number of nitrogens with one attached hydrogen (secondary N) is 1. The maximum atomic E-state index is 14.1. The molecule has 15 nitrogen and oxygen atoms in total. The summed E-state index contributed by atoms with van der Waals surface area (Å²) in [4.78, 5) is 59.3. The van der Waals surface area contributed by atoms with Gasteiger partial charge in [0.1, 0.15) is 19.0 Å². The first-order chi connectivity index (χ1) is 35.0. The fourth-order valence-electron chi connectivity index (χ4n) is 9.93. The maximum Gasteiger partial charge on any atom is 0.325 e. The van der Waals surface area contributed by atoms with E-state index in [9.17, 15) is 14.4 Å². The predicted octanol–water partition coefficient (Wildman–Crippen LogP) is 10.2. The Hall–Kier alpha value is -6.43. The lowest BCUT2D eigenvalue weighted by Gasteiger charge is -2.23. The highest BCUT2D eigenvalue weighted by Gasteiger charge is 2.39. The number of methoxy groups -OCH3 is 2. The average Bonchev–Trinajstić information content (AvgIpc) is 4.10. The van der Waals surface area contributed by atoms with Gasteiger partial charge in [-0.3, -0.25) is 29.3 Å². The molecule has 17 heteroatoms. The largest absolute Gasteiger partial charge is 0.493 e. The van der Waals surface area contributed by atoms with E-state index in [1.54, 1.807) is 53.2 Å². The minimum atomic E-state index is -0.192. The summed E-state index contributed by atoms with van der Waals surface area (Å²) < 4.78 is 31.0. The number of para-hydroxylation sites is 2. The molecule has 5 aromatic rings. The molecule has 2 atom stereocenters. The first-order valence-corrected chi connectivity index (χ1v) is 27.1. The summed E-state index contributed by atoms with van der Waals surface area (Å²) in [5.74, 6) is 2.77. The van der Waals surface area contributed by atoms with Gasteiger partial charge in [0.25, 0.3) is 11.8 Å². The Labute approximate surface area is 428 Å². The normalized spacial score (nSPS) is 17.7. The van der Waals surface area contributed by atoms with Crippen molar-refractivity contribution in [2.24, 2.45) is 4.99 Å². The van der Waals surface area contributed by atoms with Crippen LogP contribution in [-0.2, 0) is 35.7 Å². The summed E-state index contributed by atoms with van der Waals surface area (Å²) >= 11 is 0. The first kappa shape index (κ1) is 49.2. The van der Waals surface area contributed by atoms with Crippen LogP contribution in [0.5, 0.6) is 28.7 Å². The van der Waals surface area contributed by atoms with Crippen molar-refractivity contribution in [1.82, 2.24) is 10.0 Å². The lowest BCUT2D eigenvalue weighted by molar-refractivity contribution is -0.185. The van der Waals surface area contributed by atoms with E-state index in [0.717, 1.165) is 79.9 Å². The minimum absolute atomic E-state index is 0.0148. The van der Waals surface area contributed by atoms with Gasteiger partial charge in [-0.25, -0.2) is 0 Å². The van der Waals surface area contributed by atoms with Gasteiger partial charge in [0.2, 0.25) is 0 Å². The van der Waals surface area contributed by atoms with Gasteiger partial charge in [0, 0.05) is 84.8 Å². The monoisotopic (exact) mass is 1010 g/mol. The summed E-state index contributed by atoms with van der Waals surface area (Å²) in [5.41, 5.74) is 7.37. The van der Waals surface area contributed by atoms with Crippen LogP contribution in [-0.4, -0.2) is 97.1 Å². The SMILES string of the molecule is COc1cc2c(cc1OCc1cc(OCCCC(C)(C)SSCCCC(=O)ON3CCCC3)cc(COc3cc4c(cc3OC)C(=O)N3c5ccccc5CC3CN4)n1)N=C[C@@H]1Cc3ccccc3N1C2=O. The van der Waals surface area contributed by atoms with Crippen molar-refractivity contribution in [3.8, 4) is 28.7 Å². The van der Waals surface area contributed by atoms with Gasteiger partial charge in [-0.1, -0.05) is 58.0 Å². The Morgan fingerprint density at radius 2 is 1.42 bits per heavy atom. The number of hydrogen-bond acceptors (Lipinski definition) is 15. The molecule has 4 aromatic carbocycles. The quantitative estimate of drug-likeness (QED) is 0.0581. The summed E-state index contributed by atoms with van der Waals surface area (Å²) in [6.07, 6.45) is 8.36. The van der Waals surface area contributed by atoms with E-state index in [1.165, 1.54) is 0 Å². The van der Waals surface area contributed by atoms with Gasteiger partial charge in [0.15, 0.2) is 23.0 Å². The molecule has 0 spiro atoms. The van der Waals surface area contributed by atoms with Crippen LogP contribution < -0.4 is 38.8 Å². The van der Waals surface area contributed by atoms with Crippen molar-refractivity contribution in [2.45, 2.75) is 95.3 Å². The number of carbonyl (C=O) groups excluding carboxylic acids is 3. The summed E-state index contributed by atoms with van der Waals surface area (Å²) in [7, 11) is 6.73. The zero-order valence-corrected chi connectivity index (χ0v) is 42.8. The van der Waals surface area contributed by atoms with Gasteiger partial charge in [-0.15, -0.1) is 5.06 Å². The molecule has 5 aliphatic rings. The Bertz CT molecular complexity index is 2870. The molecule has 1 unspecified atom stereocenters. The molecule has 1 aromatic heterocycles. The number of aromatic nitrogens is 1. The van der Waals surface area contributed by atoms with Crippen LogP contribution in [0, 0.1) is 0 Å². The lowest BCUT2D eigenvalue weighted by Crippen LogP contribution is -2.39. The fourth-order valence-corrected chi connectivity index (χ4v) is 12.6. The summed E-state index contributed by atoms with van der Waals surface area (Å²) in [6, 6.07) is 26.5. The van der Waals surface area contributed by atoms with Crippen LogP contribution in [0.25, 0.3) is 0 Å². The number of carbonyl (C=O) groups is 3. The summed E-state index contributed by atoms with van der Waals surface area (Å²) in [6.45, 7) is 7.28. The number of aliphatic imine (C=N–C) groups is 1. The highest BCUT2D eigenvalue weighted by molar-refractivity contribution is 8.77. The van der Waals surface area contributed by atoms with Gasteiger partial charge in [-0.2, -0.15) is 0 Å². The second kappa shape index (κ2) is 21.7. The number of nitrogens with zero attached hydrogens (tertiary/aromatic N) is 5. The maximum absolute atomic E-state index is 14.1. The van der Waals surface area contributed by atoms with E-state index >= 15 is 0 Å². The molecular formula is C55H60N6O9S2. The van der Waals surface area contributed by atoms with E-state index in [-0.39, 0.29) is 47.8 Å². The van der Waals surface area contributed by atoms with Crippen molar-refractivity contribution < 1.29 is 42.9 Å². The van der Waals surface area contributed by atoms with Crippen molar-refractivity contribution in [1.29, 1.82) is 0 Å². The van der Waals surface area contributed by atoms with Crippen LogP contribution in [0.1, 0.15) is 95.6 Å². The first-order valence-electron chi connectivity index (χ1n) is 24.7. The number of fused-ring (bicyclic) bond motifs is 8. The Morgan fingerprint density at radius 1 is 0.764 bits per heavy atom. The van der Waals surface area contributed by atoms with Crippen LogP contribution >= 0.6 is 21.6 Å². The standard InChI is InChI=1S/C55H60N6O9S2/c1-55(2,72-71-22-11-17-52(62)70-59-19-9-10-20-59)18-12-21-67-41-25-37(33-68-50-29-44-42(27-48(50)65-3)53(63)60-39(31-56-44)23-35-13-5-7-15-46(35)60)58-38(26-41)34-69-51-30-45-43(28-49(51)66-4)54(64)61-40(32-57-45)24-36-14-6-8-16-47(36)61/h5-8,13-16,25-31,39-40,57H,9-12,17-24,32-34H2,1-4H3/t39-,40?/m0/s1. The Balaban J connectivity index is 0.827. The second-order valence-corrected chi connectivity index (χ2v) is 22.3. The van der Waals surface area contributed by atoms with Gasteiger partial charge in [0.05, 0.1) is 66.8 Å². The zero-order chi connectivity index (χ0) is 49.8. The van der Waals surface area contributed by atoms with Gasteiger partial charge >= 0.3 is 5.97 Å². The third-order valence-electron chi connectivity index (χ3n) is 13.5. The number of benzene rings is 4. The highest BCUT2D eigenvalue weighted by Crippen LogP contribution is 2.44. The number of ether oxygens (including phenoxy) is 5. The van der Waals surface area contributed by atoms with Crippen molar-refractivity contribution >= 4 is 68.3 Å². The van der Waals surface area contributed by atoms with E-state index in [0.29, 0.717) is 88.6 Å². The minimum Gasteiger partial charge on any atom is -0.493 e. The third-order valence-corrected chi connectivity index (χ3v) is 17.0. The lowest BCUT2D eigenvalue weighted by atomic mass is 10.1. The van der Waals surface area contributed by atoms with E-state index in [4.69, 9.17) is 38.5 Å². The Morgan fingerprint density at radius 3 is 2.14 bits per heavy atom. The molecule has 2 amide bonds. The molecule has 0 saturated carbocycles. The number of hydrogen-bond donors (Lipinski definition) is 1. The number of anilines is 3. The fraction of sp³-hybridized carbons (Fsp3) is 0.400. The molecule has 6 heterocycles. The summed E-state index contributed by atoms with van der Waals surface area (Å²) in [5, 5.41) is 5.29. The molecule has 10 rings (SSSR count). The van der Waals surface area contributed by atoms with Crippen LogP contribution in [0.4, 0.5) is 22.7 Å².